The number of methoxy groups -OCH3 is 1. The van der Waals surface area contributed by atoms with E-state index >= 15 is 0 Å². The van der Waals surface area contributed by atoms with Crippen LogP contribution in [0.2, 0.25) is 0 Å². The van der Waals surface area contributed by atoms with Gasteiger partial charge in [0.05, 0.1) is 18.5 Å². The van der Waals surface area contributed by atoms with Crippen LogP contribution in [0.25, 0.3) is 0 Å². The molecule has 1 heterocycles. The molecule has 0 atom stereocenters. The zero-order valence-corrected chi connectivity index (χ0v) is 18.2. The summed E-state index contributed by atoms with van der Waals surface area (Å²) in [6, 6.07) is 15.9. The maximum absolute atomic E-state index is 13.2. The normalized spacial score (nSPS) is 10.3. The van der Waals surface area contributed by atoms with Gasteiger partial charge in [0.2, 0.25) is 11.8 Å². The second-order valence-electron chi connectivity index (χ2n) is 6.82. The molecule has 0 aliphatic carbocycles. The van der Waals surface area contributed by atoms with Crippen molar-refractivity contribution in [2.24, 2.45) is 0 Å². The number of nitrogens with one attached hydrogen (secondary N) is 2. The SMILES string of the molecule is COc1ccc(NC(=O)CNC(=O)CN(Cc2ccc(F)cc2)C(=O)c2cccs2)cc1. The predicted octanol–water partition coefficient (Wildman–Crippen LogP) is 3.29. The number of halogens is 1. The molecule has 0 unspecified atom stereocenters. The van der Waals surface area contributed by atoms with Crippen molar-refractivity contribution in [1.29, 1.82) is 0 Å². The van der Waals surface area contributed by atoms with Gasteiger partial charge in [0.15, 0.2) is 0 Å². The summed E-state index contributed by atoms with van der Waals surface area (Å²) in [5.74, 6) is -0.930. The number of amides is 3. The molecule has 0 aliphatic heterocycles. The molecule has 166 valence electrons. The molecule has 0 saturated carbocycles. The van der Waals surface area contributed by atoms with E-state index < -0.39 is 11.8 Å². The van der Waals surface area contributed by atoms with Gasteiger partial charge in [0.25, 0.3) is 5.91 Å². The number of hydrogen-bond acceptors (Lipinski definition) is 5. The Bertz CT molecular complexity index is 1050. The van der Waals surface area contributed by atoms with Crippen LogP contribution in [-0.2, 0) is 16.1 Å². The fourth-order valence-corrected chi connectivity index (χ4v) is 3.54. The lowest BCUT2D eigenvalue weighted by Crippen LogP contribution is -2.42. The van der Waals surface area contributed by atoms with E-state index in [-0.39, 0.29) is 31.4 Å². The van der Waals surface area contributed by atoms with Crippen LogP contribution >= 0.6 is 11.3 Å². The van der Waals surface area contributed by atoms with Gasteiger partial charge in [0.1, 0.15) is 18.1 Å². The van der Waals surface area contributed by atoms with E-state index in [0.717, 1.165) is 0 Å². The Hall–Kier alpha value is -3.72. The van der Waals surface area contributed by atoms with Crippen LogP contribution < -0.4 is 15.4 Å². The Balaban J connectivity index is 1.57. The zero-order valence-electron chi connectivity index (χ0n) is 17.3. The Kier molecular flexibility index (Phi) is 7.93. The summed E-state index contributed by atoms with van der Waals surface area (Å²) in [4.78, 5) is 39.3. The minimum absolute atomic E-state index is 0.127. The third-order valence-corrected chi connectivity index (χ3v) is 5.32. The van der Waals surface area contributed by atoms with E-state index in [0.29, 0.717) is 21.9 Å². The van der Waals surface area contributed by atoms with Gasteiger partial charge in [-0.3, -0.25) is 14.4 Å². The highest BCUT2D eigenvalue weighted by Crippen LogP contribution is 2.16. The quantitative estimate of drug-likeness (QED) is 0.518. The Morgan fingerprint density at radius 1 is 1.00 bits per heavy atom. The van der Waals surface area contributed by atoms with Gasteiger partial charge >= 0.3 is 0 Å². The first-order chi connectivity index (χ1) is 15.4. The largest absolute Gasteiger partial charge is 0.497 e. The van der Waals surface area contributed by atoms with E-state index in [1.165, 1.54) is 28.4 Å². The van der Waals surface area contributed by atoms with Gasteiger partial charge < -0.3 is 20.3 Å². The zero-order chi connectivity index (χ0) is 22.9. The van der Waals surface area contributed by atoms with Crippen molar-refractivity contribution in [3.8, 4) is 5.75 Å². The van der Waals surface area contributed by atoms with Gasteiger partial charge in [0, 0.05) is 12.2 Å². The van der Waals surface area contributed by atoms with Crippen LogP contribution in [0.1, 0.15) is 15.2 Å². The molecule has 0 saturated heterocycles. The molecular weight excluding hydrogens is 433 g/mol. The number of hydrogen-bond donors (Lipinski definition) is 2. The second-order valence-corrected chi connectivity index (χ2v) is 7.77. The molecule has 0 radical (unpaired) electrons. The molecule has 7 nitrogen and oxygen atoms in total. The summed E-state index contributed by atoms with van der Waals surface area (Å²) < 4.78 is 18.3. The lowest BCUT2D eigenvalue weighted by molar-refractivity contribution is -0.124. The predicted molar refractivity (Wildman–Crippen MR) is 120 cm³/mol. The van der Waals surface area contributed by atoms with Crippen molar-refractivity contribution >= 4 is 34.7 Å². The first kappa shape index (κ1) is 23.0. The molecule has 2 N–H and O–H groups in total. The number of rotatable bonds is 9. The second kappa shape index (κ2) is 11.1. The number of ether oxygens (including phenoxy) is 1. The fourth-order valence-electron chi connectivity index (χ4n) is 2.85. The molecular formula is C23H22FN3O4S. The number of carbonyl (C=O) groups is 3. The molecule has 0 bridgehead atoms. The van der Waals surface area contributed by atoms with Gasteiger partial charge in [-0.2, -0.15) is 0 Å². The first-order valence-corrected chi connectivity index (χ1v) is 10.6. The Morgan fingerprint density at radius 3 is 2.34 bits per heavy atom. The summed E-state index contributed by atoms with van der Waals surface area (Å²) in [5, 5.41) is 6.96. The molecule has 3 rings (SSSR count). The molecule has 0 fully saturated rings. The van der Waals surface area contributed by atoms with E-state index in [1.54, 1.807) is 61.0 Å². The Labute approximate surface area is 188 Å². The fraction of sp³-hybridized carbons (Fsp3) is 0.174. The standard InChI is InChI=1S/C23H22FN3O4S/c1-31-19-10-8-18(9-11-19)26-21(28)13-25-22(29)15-27(23(30)20-3-2-12-32-20)14-16-4-6-17(24)7-5-16/h2-12H,13-15H2,1H3,(H,25,29)(H,26,28). The van der Waals surface area contributed by atoms with Crippen LogP contribution in [0.5, 0.6) is 5.75 Å². The number of benzene rings is 2. The van der Waals surface area contributed by atoms with Crippen LogP contribution in [0.4, 0.5) is 10.1 Å². The summed E-state index contributed by atoms with van der Waals surface area (Å²) >= 11 is 1.27. The van der Waals surface area contributed by atoms with Crippen LogP contribution in [0.15, 0.2) is 66.0 Å². The minimum atomic E-state index is -0.484. The summed E-state index contributed by atoms with van der Waals surface area (Å²) in [6.07, 6.45) is 0. The summed E-state index contributed by atoms with van der Waals surface area (Å²) in [6.45, 7) is -0.366. The Morgan fingerprint density at radius 2 is 1.72 bits per heavy atom. The lowest BCUT2D eigenvalue weighted by atomic mass is 10.2. The molecule has 3 aromatic rings. The van der Waals surface area contributed by atoms with Crippen molar-refractivity contribution in [3.05, 3.63) is 82.3 Å². The molecule has 9 heteroatoms. The number of thiophene rings is 1. The summed E-state index contributed by atoms with van der Waals surface area (Å²) in [5.41, 5.74) is 1.25. The average molecular weight is 456 g/mol. The third kappa shape index (κ3) is 6.64. The van der Waals surface area contributed by atoms with E-state index in [9.17, 15) is 18.8 Å². The van der Waals surface area contributed by atoms with Gasteiger partial charge in [-0.15, -0.1) is 11.3 Å². The van der Waals surface area contributed by atoms with Crippen molar-refractivity contribution in [1.82, 2.24) is 10.2 Å². The van der Waals surface area contributed by atoms with Gasteiger partial charge in [-0.05, 0) is 53.4 Å². The maximum Gasteiger partial charge on any atom is 0.264 e. The van der Waals surface area contributed by atoms with Crippen molar-refractivity contribution in [3.63, 3.8) is 0 Å². The average Bonchev–Trinajstić information content (AvgIpc) is 3.34. The minimum Gasteiger partial charge on any atom is -0.497 e. The molecule has 32 heavy (non-hydrogen) atoms. The number of nitrogens with zero attached hydrogens (tertiary/aromatic N) is 1. The van der Waals surface area contributed by atoms with Crippen LogP contribution in [0, 0.1) is 5.82 Å². The molecule has 1 aromatic heterocycles. The highest BCUT2D eigenvalue weighted by Gasteiger charge is 2.20. The van der Waals surface area contributed by atoms with Crippen LogP contribution in [0.3, 0.4) is 0 Å². The van der Waals surface area contributed by atoms with E-state index in [1.807, 2.05) is 0 Å². The van der Waals surface area contributed by atoms with Crippen molar-refractivity contribution in [2.75, 3.05) is 25.5 Å². The topological polar surface area (TPSA) is 87.7 Å². The molecule has 2 aromatic carbocycles. The van der Waals surface area contributed by atoms with Gasteiger partial charge in [-0.25, -0.2) is 4.39 Å². The third-order valence-electron chi connectivity index (χ3n) is 4.46. The monoisotopic (exact) mass is 455 g/mol. The highest BCUT2D eigenvalue weighted by molar-refractivity contribution is 7.12. The molecule has 0 aliphatic rings. The van der Waals surface area contributed by atoms with Crippen LogP contribution in [-0.4, -0.2) is 42.8 Å². The summed E-state index contributed by atoms with van der Waals surface area (Å²) in [7, 11) is 1.55. The molecule has 0 spiro atoms. The maximum atomic E-state index is 13.2. The lowest BCUT2D eigenvalue weighted by Gasteiger charge is -2.22. The number of carbonyl (C=O) groups excluding carboxylic acids is 3. The van der Waals surface area contributed by atoms with Gasteiger partial charge in [-0.1, -0.05) is 18.2 Å². The first-order valence-electron chi connectivity index (χ1n) is 9.72. The number of anilines is 1. The van der Waals surface area contributed by atoms with E-state index in [2.05, 4.69) is 10.6 Å². The van der Waals surface area contributed by atoms with E-state index in [4.69, 9.17) is 4.74 Å². The highest BCUT2D eigenvalue weighted by atomic mass is 32.1. The van der Waals surface area contributed by atoms with Crippen molar-refractivity contribution < 1.29 is 23.5 Å². The smallest absolute Gasteiger partial charge is 0.264 e. The molecule has 3 amide bonds. The van der Waals surface area contributed by atoms with Crippen molar-refractivity contribution in [2.45, 2.75) is 6.54 Å².